The van der Waals surface area contributed by atoms with Crippen LogP contribution in [0.25, 0.3) is 10.9 Å². The number of alkyl halides is 3. The van der Waals surface area contributed by atoms with Gasteiger partial charge in [-0.2, -0.15) is 18.3 Å². The summed E-state index contributed by atoms with van der Waals surface area (Å²) in [5.41, 5.74) is 0.972. The Morgan fingerprint density at radius 2 is 2.04 bits per heavy atom. The number of aromatic nitrogens is 2. The zero-order valence-corrected chi connectivity index (χ0v) is 14.1. The van der Waals surface area contributed by atoms with Crippen LogP contribution in [0.1, 0.15) is 10.4 Å². The Labute approximate surface area is 148 Å². The second-order valence-electron chi connectivity index (χ2n) is 5.69. The molecule has 2 heterocycles. The van der Waals surface area contributed by atoms with Crippen molar-refractivity contribution in [3.05, 3.63) is 30.0 Å². The van der Waals surface area contributed by atoms with E-state index in [9.17, 15) is 18.0 Å². The lowest BCUT2D eigenvalue weighted by molar-refractivity contribution is -0.183. The highest BCUT2D eigenvalue weighted by atomic mass is 35.5. The second-order valence-corrected chi connectivity index (χ2v) is 5.69. The van der Waals surface area contributed by atoms with E-state index in [4.69, 9.17) is 0 Å². The minimum Gasteiger partial charge on any atom is -0.350 e. The van der Waals surface area contributed by atoms with Gasteiger partial charge in [0.05, 0.1) is 17.3 Å². The lowest BCUT2D eigenvalue weighted by Crippen LogP contribution is -2.57. The SMILES string of the molecule is Cl.O=C(NCC(N1CCNCC1)C(F)(F)F)c1cccc2[nH]ncc12. The highest BCUT2D eigenvalue weighted by Gasteiger charge is 2.43. The van der Waals surface area contributed by atoms with Crippen molar-refractivity contribution in [3.63, 3.8) is 0 Å². The van der Waals surface area contributed by atoms with E-state index in [1.54, 1.807) is 18.2 Å². The fraction of sp³-hybridized carbons (Fsp3) is 0.467. The molecule has 1 aromatic carbocycles. The first-order valence-electron chi connectivity index (χ1n) is 7.68. The van der Waals surface area contributed by atoms with Gasteiger partial charge in [-0.05, 0) is 12.1 Å². The monoisotopic (exact) mass is 377 g/mol. The molecule has 0 aliphatic carbocycles. The van der Waals surface area contributed by atoms with Gasteiger partial charge in [0, 0.05) is 38.1 Å². The minimum atomic E-state index is -4.40. The lowest BCUT2D eigenvalue weighted by atomic mass is 10.1. The minimum absolute atomic E-state index is 0. The molecule has 6 nitrogen and oxygen atoms in total. The molecule has 1 atom stereocenters. The predicted molar refractivity (Wildman–Crippen MR) is 90.0 cm³/mol. The van der Waals surface area contributed by atoms with Crippen molar-refractivity contribution in [2.45, 2.75) is 12.2 Å². The smallest absolute Gasteiger partial charge is 0.350 e. The Morgan fingerprint density at radius 3 is 2.72 bits per heavy atom. The normalized spacial score (nSPS) is 17.1. The quantitative estimate of drug-likeness (QED) is 0.756. The Balaban J connectivity index is 0.00000225. The van der Waals surface area contributed by atoms with Crippen LogP contribution >= 0.6 is 12.4 Å². The van der Waals surface area contributed by atoms with Crippen LogP contribution in [0.5, 0.6) is 0 Å². The molecular weight excluding hydrogens is 359 g/mol. The molecular formula is C15H19ClF3N5O. The molecule has 25 heavy (non-hydrogen) atoms. The average molecular weight is 378 g/mol. The van der Waals surface area contributed by atoms with E-state index in [1.165, 1.54) is 11.1 Å². The number of nitrogens with one attached hydrogen (secondary N) is 3. The molecule has 10 heteroatoms. The molecule has 2 aromatic rings. The van der Waals surface area contributed by atoms with Crippen LogP contribution in [-0.4, -0.2) is 65.9 Å². The van der Waals surface area contributed by atoms with Crippen LogP contribution in [-0.2, 0) is 0 Å². The lowest BCUT2D eigenvalue weighted by Gasteiger charge is -2.35. The van der Waals surface area contributed by atoms with Crippen molar-refractivity contribution in [1.82, 2.24) is 25.7 Å². The van der Waals surface area contributed by atoms with Gasteiger partial charge in [-0.15, -0.1) is 12.4 Å². The number of fused-ring (bicyclic) bond motifs is 1. The number of hydrogen-bond donors (Lipinski definition) is 3. The zero-order chi connectivity index (χ0) is 17.2. The fourth-order valence-corrected chi connectivity index (χ4v) is 2.90. The molecule has 0 saturated carbocycles. The number of rotatable bonds is 4. The van der Waals surface area contributed by atoms with Gasteiger partial charge in [0.15, 0.2) is 0 Å². The van der Waals surface area contributed by atoms with Gasteiger partial charge in [-0.1, -0.05) is 6.07 Å². The van der Waals surface area contributed by atoms with Gasteiger partial charge in [-0.25, -0.2) is 0 Å². The molecule has 1 aliphatic rings. The third-order valence-corrected chi connectivity index (χ3v) is 4.16. The third-order valence-electron chi connectivity index (χ3n) is 4.16. The highest BCUT2D eigenvalue weighted by molar-refractivity contribution is 6.06. The van der Waals surface area contributed by atoms with Gasteiger partial charge in [0.2, 0.25) is 0 Å². The number of nitrogens with zero attached hydrogens (tertiary/aromatic N) is 2. The first-order chi connectivity index (χ1) is 11.5. The van der Waals surface area contributed by atoms with E-state index in [-0.39, 0.29) is 12.4 Å². The summed E-state index contributed by atoms with van der Waals surface area (Å²) in [6.07, 6.45) is -2.91. The molecule has 1 aromatic heterocycles. The maximum atomic E-state index is 13.3. The first kappa shape index (κ1) is 19.5. The van der Waals surface area contributed by atoms with E-state index in [0.29, 0.717) is 42.6 Å². The van der Waals surface area contributed by atoms with E-state index in [0.717, 1.165) is 0 Å². The van der Waals surface area contributed by atoms with E-state index in [2.05, 4.69) is 20.8 Å². The van der Waals surface area contributed by atoms with Gasteiger partial charge in [0.25, 0.3) is 5.91 Å². The summed E-state index contributed by atoms with van der Waals surface area (Å²) in [6, 6.07) is 3.29. The molecule has 138 valence electrons. The van der Waals surface area contributed by atoms with Crippen molar-refractivity contribution >= 4 is 29.2 Å². The number of H-pyrrole nitrogens is 1. The molecule has 1 fully saturated rings. The maximum Gasteiger partial charge on any atom is 0.405 e. The van der Waals surface area contributed by atoms with Gasteiger partial charge in [0.1, 0.15) is 6.04 Å². The van der Waals surface area contributed by atoms with E-state index >= 15 is 0 Å². The maximum absolute atomic E-state index is 13.3. The zero-order valence-electron chi connectivity index (χ0n) is 13.3. The summed E-state index contributed by atoms with van der Waals surface area (Å²) in [5.74, 6) is -0.536. The largest absolute Gasteiger partial charge is 0.405 e. The topological polar surface area (TPSA) is 73.1 Å². The van der Waals surface area contributed by atoms with Crippen molar-refractivity contribution in [3.8, 4) is 0 Å². The summed E-state index contributed by atoms with van der Waals surface area (Å²) in [4.78, 5) is 13.7. The Bertz CT molecular complexity index is 714. The number of hydrogen-bond acceptors (Lipinski definition) is 4. The number of aromatic amines is 1. The summed E-state index contributed by atoms with van der Waals surface area (Å²) >= 11 is 0. The van der Waals surface area contributed by atoms with Crippen LogP contribution in [0.4, 0.5) is 13.2 Å². The van der Waals surface area contributed by atoms with E-state index in [1.807, 2.05) is 0 Å². The Hall–Kier alpha value is -1.84. The van der Waals surface area contributed by atoms with Crippen LogP contribution < -0.4 is 10.6 Å². The number of amides is 1. The molecule has 0 radical (unpaired) electrons. The number of halogens is 4. The molecule has 1 saturated heterocycles. The molecule has 0 bridgehead atoms. The average Bonchev–Trinajstić information content (AvgIpc) is 3.03. The highest BCUT2D eigenvalue weighted by Crippen LogP contribution is 2.25. The van der Waals surface area contributed by atoms with Crippen LogP contribution in [0.15, 0.2) is 24.4 Å². The number of benzene rings is 1. The molecule has 1 unspecified atom stereocenters. The Kier molecular flexibility index (Phi) is 6.26. The Morgan fingerprint density at radius 1 is 1.32 bits per heavy atom. The first-order valence-corrected chi connectivity index (χ1v) is 7.68. The number of carbonyl (C=O) groups is 1. The van der Waals surface area contributed by atoms with Gasteiger partial charge >= 0.3 is 6.18 Å². The number of carbonyl (C=O) groups excluding carboxylic acids is 1. The van der Waals surface area contributed by atoms with Gasteiger partial charge in [-0.3, -0.25) is 14.8 Å². The fourth-order valence-electron chi connectivity index (χ4n) is 2.90. The standard InChI is InChI=1S/C15H18F3N5O.ClH/c16-15(17,18)13(23-6-4-19-5-7-23)9-20-14(24)10-2-1-3-12-11(10)8-21-22-12;/h1-3,8,13,19H,4-7,9H2,(H,20,24)(H,21,22);1H. The second kappa shape index (κ2) is 8.03. The predicted octanol–water partition coefficient (Wildman–Crippen LogP) is 1.55. The summed E-state index contributed by atoms with van der Waals surface area (Å²) in [7, 11) is 0. The third kappa shape index (κ3) is 4.42. The molecule has 3 N–H and O–H groups in total. The van der Waals surface area contributed by atoms with Crippen LogP contribution in [0.2, 0.25) is 0 Å². The van der Waals surface area contributed by atoms with Gasteiger partial charge < -0.3 is 10.6 Å². The van der Waals surface area contributed by atoms with Crippen LogP contribution in [0.3, 0.4) is 0 Å². The van der Waals surface area contributed by atoms with Crippen molar-refractivity contribution in [2.75, 3.05) is 32.7 Å². The van der Waals surface area contributed by atoms with E-state index < -0.39 is 24.7 Å². The molecule has 1 amide bonds. The van der Waals surface area contributed by atoms with Crippen molar-refractivity contribution in [2.24, 2.45) is 0 Å². The summed E-state index contributed by atoms with van der Waals surface area (Å²) in [5, 5.41) is 12.6. The number of piperazine rings is 1. The summed E-state index contributed by atoms with van der Waals surface area (Å²) in [6.45, 7) is 1.15. The molecule has 1 aliphatic heterocycles. The van der Waals surface area contributed by atoms with Crippen LogP contribution in [0, 0.1) is 0 Å². The molecule has 0 spiro atoms. The summed E-state index contributed by atoms with van der Waals surface area (Å²) < 4.78 is 40.0. The van der Waals surface area contributed by atoms with Crippen molar-refractivity contribution < 1.29 is 18.0 Å². The molecule has 3 rings (SSSR count). The van der Waals surface area contributed by atoms with Crippen molar-refractivity contribution in [1.29, 1.82) is 0 Å².